The van der Waals surface area contributed by atoms with Gasteiger partial charge in [-0.25, -0.2) is 14.8 Å². The number of hydrogen-bond acceptors (Lipinski definition) is 8. The van der Waals surface area contributed by atoms with Crippen LogP contribution in [0.15, 0.2) is 18.6 Å². The molecular weight excluding hydrogens is 510 g/mol. The largest absolute Gasteiger partial charge is 0.444 e. The lowest BCUT2D eigenvalue weighted by Gasteiger charge is -2.46. The van der Waals surface area contributed by atoms with Crippen molar-refractivity contribution in [2.24, 2.45) is 0 Å². The van der Waals surface area contributed by atoms with Gasteiger partial charge in [-0.1, -0.05) is 11.6 Å². The molecule has 4 aliphatic heterocycles. The molecule has 0 bridgehead atoms. The van der Waals surface area contributed by atoms with Crippen molar-refractivity contribution in [1.82, 2.24) is 24.3 Å². The summed E-state index contributed by atoms with van der Waals surface area (Å²) in [5.41, 5.74) is 1.07. The Hall–Kier alpha value is -1.98. The highest BCUT2D eigenvalue weighted by Crippen LogP contribution is 2.46. The van der Waals surface area contributed by atoms with Gasteiger partial charge in [0.15, 0.2) is 17.2 Å². The molecule has 0 unspecified atom stereocenters. The van der Waals surface area contributed by atoms with Crippen LogP contribution >= 0.6 is 11.6 Å². The first kappa shape index (κ1) is 26.3. The molecule has 38 heavy (non-hydrogen) atoms. The van der Waals surface area contributed by atoms with Crippen LogP contribution in [-0.4, -0.2) is 91.8 Å². The molecule has 4 atom stereocenters. The minimum absolute atomic E-state index is 0.0608. The zero-order chi connectivity index (χ0) is 26.9. The zero-order valence-electron chi connectivity index (χ0n) is 22.9. The number of carbonyl (C=O) groups is 1. The first-order valence-corrected chi connectivity index (χ1v) is 14.0. The zero-order valence-corrected chi connectivity index (χ0v) is 23.6. The Kier molecular flexibility index (Phi) is 6.42. The average Bonchev–Trinajstić information content (AvgIpc) is 3.57. The van der Waals surface area contributed by atoms with Crippen molar-refractivity contribution >= 4 is 28.7 Å². The maximum atomic E-state index is 12.6. The summed E-state index contributed by atoms with van der Waals surface area (Å²) in [4.78, 5) is 25.7. The summed E-state index contributed by atoms with van der Waals surface area (Å²) in [6, 6.07) is 1.90. The SMILES string of the molecule is CC(C)(C)OC(=O)N1CCC2(CCCN2C[C@H]2O[C@@H](n3cnc4c(Cl)nccc43)[C@@H]3OC(C)(C)O[C@@H]32)CC1. The Balaban J connectivity index is 1.19. The van der Waals surface area contributed by atoms with E-state index in [1.807, 2.05) is 50.2 Å². The number of rotatable bonds is 3. The fraction of sp³-hybridized carbons (Fsp3) is 0.741. The van der Waals surface area contributed by atoms with Gasteiger partial charge in [0, 0.05) is 31.4 Å². The predicted octanol–water partition coefficient (Wildman–Crippen LogP) is 4.37. The van der Waals surface area contributed by atoms with Crippen LogP contribution in [0.3, 0.4) is 0 Å². The van der Waals surface area contributed by atoms with Crippen LogP contribution in [0.4, 0.5) is 4.79 Å². The minimum atomic E-state index is -0.702. The number of likely N-dealkylation sites (tertiary alicyclic amines) is 2. The van der Waals surface area contributed by atoms with Crippen LogP contribution in [-0.2, 0) is 18.9 Å². The summed E-state index contributed by atoms with van der Waals surface area (Å²) in [7, 11) is 0. The van der Waals surface area contributed by atoms with Crippen LogP contribution in [0, 0.1) is 0 Å². The van der Waals surface area contributed by atoms with E-state index in [-0.39, 0.29) is 36.2 Å². The third kappa shape index (κ3) is 4.68. The molecule has 0 N–H and O–H groups in total. The van der Waals surface area contributed by atoms with Crippen LogP contribution < -0.4 is 0 Å². The van der Waals surface area contributed by atoms with Crippen molar-refractivity contribution in [1.29, 1.82) is 0 Å². The van der Waals surface area contributed by atoms with Crippen LogP contribution in [0.1, 0.15) is 66.5 Å². The number of pyridine rings is 1. The highest BCUT2D eigenvalue weighted by Gasteiger charge is 2.57. The Morgan fingerprint density at radius 2 is 1.87 bits per heavy atom. The van der Waals surface area contributed by atoms with Gasteiger partial charge in [0.25, 0.3) is 0 Å². The molecule has 0 radical (unpaired) electrons. The van der Waals surface area contributed by atoms with Crippen molar-refractivity contribution in [2.45, 2.75) is 102 Å². The van der Waals surface area contributed by atoms with E-state index < -0.39 is 11.4 Å². The van der Waals surface area contributed by atoms with E-state index in [0.717, 1.165) is 44.3 Å². The normalized spacial score (nSPS) is 30.8. The lowest BCUT2D eigenvalue weighted by Crippen LogP contribution is -2.56. The van der Waals surface area contributed by atoms with Gasteiger partial charge < -0.3 is 28.4 Å². The van der Waals surface area contributed by atoms with Gasteiger partial charge in [0.05, 0.1) is 11.8 Å². The van der Waals surface area contributed by atoms with Gasteiger partial charge in [-0.3, -0.25) is 4.90 Å². The summed E-state index contributed by atoms with van der Waals surface area (Å²) in [6.07, 6.45) is 6.30. The molecule has 4 saturated heterocycles. The van der Waals surface area contributed by atoms with Crippen molar-refractivity contribution in [3.8, 4) is 0 Å². The van der Waals surface area contributed by atoms with Crippen LogP contribution in [0.25, 0.3) is 11.0 Å². The Labute approximate surface area is 228 Å². The second-order valence-corrected chi connectivity index (χ2v) is 12.9. The number of halogens is 1. The molecular formula is C27H38ClN5O5. The first-order valence-electron chi connectivity index (χ1n) is 13.7. The fourth-order valence-electron chi connectivity index (χ4n) is 6.66. The third-order valence-corrected chi connectivity index (χ3v) is 8.61. The molecule has 4 aliphatic rings. The summed E-state index contributed by atoms with van der Waals surface area (Å²) >= 11 is 6.30. The van der Waals surface area contributed by atoms with Crippen molar-refractivity contribution < 1.29 is 23.7 Å². The van der Waals surface area contributed by atoms with Gasteiger partial charge in [0.1, 0.15) is 29.4 Å². The topological polar surface area (TPSA) is 91.2 Å². The number of imidazole rings is 1. The second-order valence-electron chi connectivity index (χ2n) is 12.5. The van der Waals surface area contributed by atoms with Crippen molar-refractivity contribution in [3.05, 3.63) is 23.7 Å². The van der Waals surface area contributed by atoms with E-state index in [1.54, 1.807) is 12.5 Å². The van der Waals surface area contributed by atoms with Gasteiger partial charge >= 0.3 is 6.09 Å². The summed E-state index contributed by atoms with van der Waals surface area (Å²) in [5, 5.41) is 0.369. The first-order chi connectivity index (χ1) is 17.9. The number of carbonyl (C=O) groups excluding carboxylic acids is 1. The molecule has 0 saturated carbocycles. The molecule has 6 rings (SSSR count). The third-order valence-electron chi connectivity index (χ3n) is 8.33. The van der Waals surface area contributed by atoms with E-state index in [4.69, 9.17) is 30.5 Å². The second kappa shape index (κ2) is 9.30. The molecule has 1 amide bonds. The van der Waals surface area contributed by atoms with Gasteiger partial charge in [-0.2, -0.15) is 0 Å². The van der Waals surface area contributed by atoms with Crippen LogP contribution in [0.5, 0.6) is 0 Å². The number of amides is 1. The van der Waals surface area contributed by atoms with E-state index in [0.29, 0.717) is 23.8 Å². The molecule has 2 aromatic heterocycles. The van der Waals surface area contributed by atoms with Gasteiger partial charge in [-0.05, 0) is 72.9 Å². The van der Waals surface area contributed by atoms with Gasteiger partial charge in [0.2, 0.25) is 0 Å². The lowest BCUT2D eigenvalue weighted by molar-refractivity contribution is -0.199. The summed E-state index contributed by atoms with van der Waals surface area (Å²) in [6.45, 7) is 12.8. The summed E-state index contributed by atoms with van der Waals surface area (Å²) < 4.78 is 27.1. The Bertz CT molecular complexity index is 1200. The number of piperidine rings is 1. The minimum Gasteiger partial charge on any atom is -0.444 e. The number of ether oxygens (including phenoxy) is 4. The van der Waals surface area contributed by atoms with Crippen molar-refractivity contribution in [3.63, 3.8) is 0 Å². The average molecular weight is 548 g/mol. The summed E-state index contributed by atoms with van der Waals surface area (Å²) in [5.74, 6) is -0.702. The Morgan fingerprint density at radius 3 is 2.61 bits per heavy atom. The smallest absolute Gasteiger partial charge is 0.410 e. The van der Waals surface area contributed by atoms with E-state index in [2.05, 4.69) is 14.9 Å². The molecule has 208 valence electrons. The van der Waals surface area contributed by atoms with Crippen LogP contribution in [0.2, 0.25) is 5.15 Å². The standard InChI is InChI=1S/C27H38ClN5O5/c1-25(2,3)38-24(34)31-13-9-27(10-14-31)8-6-12-32(27)15-18-20-21(37-26(4,5)36-20)23(35-18)33-16-30-19-17(33)7-11-29-22(19)28/h7,11,16,18,20-21,23H,6,8-10,12-15H2,1-5H3/t18-,20-,21-,23-/m1/s1. The molecule has 6 heterocycles. The number of fused-ring (bicyclic) bond motifs is 2. The van der Waals surface area contributed by atoms with Crippen molar-refractivity contribution in [2.75, 3.05) is 26.2 Å². The predicted molar refractivity (Wildman–Crippen MR) is 141 cm³/mol. The van der Waals surface area contributed by atoms with E-state index in [9.17, 15) is 4.79 Å². The molecule has 10 nitrogen and oxygen atoms in total. The number of aromatic nitrogens is 3. The molecule has 4 fully saturated rings. The highest BCUT2D eigenvalue weighted by molar-refractivity contribution is 6.33. The molecule has 11 heteroatoms. The van der Waals surface area contributed by atoms with Gasteiger partial charge in [-0.15, -0.1) is 0 Å². The molecule has 0 aromatic carbocycles. The number of hydrogen-bond donors (Lipinski definition) is 0. The molecule has 1 spiro atoms. The molecule has 0 aliphatic carbocycles. The number of nitrogens with zero attached hydrogens (tertiary/aromatic N) is 5. The Morgan fingerprint density at radius 1 is 1.13 bits per heavy atom. The maximum Gasteiger partial charge on any atom is 0.410 e. The quantitative estimate of drug-likeness (QED) is 0.523. The van der Waals surface area contributed by atoms with E-state index >= 15 is 0 Å². The lowest BCUT2D eigenvalue weighted by atomic mass is 9.84. The highest BCUT2D eigenvalue weighted by atomic mass is 35.5. The maximum absolute atomic E-state index is 12.6. The van der Waals surface area contributed by atoms with E-state index in [1.165, 1.54) is 0 Å². The fourth-order valence-corrected chi connectivity index (χ4v) is 6.86. The molecule has 2 aromatic rings. The monoisotopic (exact) mass is 547 g/mol.